The molecule has 0 aromatic heterocycles. The number of carbonyl (C=O) groups is 1. The maximum atomic E-state index is 11.8. The smallest absolute Gasteiger partial charge is 0.161 e. The van der Waals surface area contributed by atoms with E-state index in [2.05, 4.69) is 6.92 Å². The van der Waals surface area contributed by atoms with Crippen molar-refractivity contribution in [2.24, 2.45) is 35.0 Å². The number of aliphatic hydroxyl groups is 2. The summed E-state index contributed by atoms with van der Waals surface area (Å²) in [6.07, 6.45) is 7.37. The Balaban J connectivity index is 1.58. The van der Waals surface area contributed by atoms with Gasteiger partial charge < -0.3 is 10.2 Å². The van der Waals surface area contributed by atoms with Crippen molar-refractivity contribution in [2.75, 3.05) is 0 Å². The predicted molar refractivity (Wildman–Crippen MR) is 79.5 cm³/mol. The van der Waals surface area contributed by atoms with E-state index < -0.39 is 6.10 Å². The first kappa shape index (κ1) is 14.2. The van der Waals surface area contributed by atoms with Gasteiger partial charge in [-0.1, -0.05) is 6.92 Å². The van der Waals surface area contributed by atoms with E-state index >= 15 is 0 Å². The molecule has 0 spiro atoms. The lowest BCUT2D eigenvalue weighted by Crippen LogP contribution is -2.51. The lowest BCUT2D eigenvalue weighted by atomic mass is 9.50. The summed E-state index contributed by atoms with van der Waals surface area (Å²) < 4.78 is 0. The summed E-state index contributed by atoms with van der Waals surface area (Å²) in [5.41, 5.74) is 0.136. The van der Waals surface area contributed by atoms with Gasteiger partial charge in [-0.05, 0) is 80.0 Å². The van der Waals surface area contributed by atoms with E-state index in [1.807, 2.05) is 0 Å². The molecule has 4 fully saturated rings. The number of aliphatic hydroxyl groups excluding tert-OH is 2. The number of fused-ring (bicyclic) bond motifs is 5. The van der Waals surface area contributed by atoms with Crippen molar-refractivity contribution < 1.29 is 15.0 Å². The molecule has 21 heavy (non-hydrogen) atoms. The molecule has 4 saturated carbocycles. The Morgan fingerprint density at radius 1 is 1.00 bits per heavy atom. The Hall–Kier alpha value is -0.410. The van der Waals surface area contributed by atoms with Crippen molar-refractivity contribution >= 4 is 5.78 Å². The summed E-state index contributed by atoms with van der Waals surface area (Å²) in [6, 6.07) is 0. The summed E-state index contributed by atoms with van der Waals surface area (Å²) in [6.45, 7) is 2.30. The molecule has 0 amide bonds. The van der Waals surface area contributed by atoms with Crippen LogP contribution in [0.3, 0.4) is 0 Å². The molecule has 4 aliphatic carbocycles. The molecule has 2 N–H and O–H groups in total. The van der Waals surface area contributed by atoms with Crippen molar-refractivity contribution in [1.29, 1.82) is 0 Å². The van der Waals surface area contributed by atoms with Gasteiger partial charge in [0.05, 0.1) is 6.10 Å². The molecule has 118 valence electrons. The number of hydrogen-bond acceptors (Lipinski definition) is 3. The first-order valence-corrected chi connectivity index (χ1v) is 8.89. The molecule has 3 nitrogen and oxygen atoms in total. The molecule has 8 atom stereocenters. The van der Waals surface area contributed by atoms with Gasteiger partial charge in [0.2, 0.25) is 0 Å². The standard InChI is InChI=1S/C18H28O3/c1-18-7-6-11-12(14(18)4-5-17(18)21)3-2-10-8-15(19)16(20)9-13(10)11/h10-14,16-17,20-21H,2-9H2,1H3/t10?,11-,12+,13-,14-,16?,17-,18-/m0/s1. The summed E-state index contributed by atoms with van der Waals surface area (Å²) in [5, 5.41) is 20.4. The fourth-order valence-electron chi connectivity index (χ4n) is 6.61. The second kappa shape index (κ2) is 4.79. The highest BCUT2D eigenvalue weighted by atomic mass is 16.3. The first-order chi connectivity index (χ1) is 10.0. The van der Waals surface area contributed by atoms with Crippen LogP contribution in [-0.4, -0.2) is 28.2 Å². The number of hydrogen-bond donors (Lipinski definition) is 2. The van der Waals surface area contributed by atoms with Gasteiger partial charge in [-0.25, -0.2) is 0 Å². The van der Waals surface area contributed by atoms with Gasteiger partial charge in [0.15, 0.2) is 5.78 Å². The SMILES string of the molecule is C[C@]12CC[C@H]3[C@@H](CCC4CC(=O)C(O)C[C@@H]43)[C@@H]1CC[C@@H]2O. The Morgan fingerprint density at radius 2 is 1.81 bits per heavy atom. The topological polar surface area (TPSA) is 57.5 Å². The lowest BCUT2D eigenvalue weighted by Gasteiger charge is -2.55. The molecule has 4 rings (SSSR count). The molecule has 0 saturated heterocycles. The van der Waals surface area contributed by atoms with Crippen LogP contribution in [0.15, 0.2) is 0 Å². The highest BCUT2D eigenvalue weighted by Crippen LogP contribution is 2.62. The van der Waals surface area contributed by atoms with E-state index in [1.54, 1.807) is 0 Å². The average Bonchev–Trinajstić information content (AvgIpc) is 2.76. The van der Waals surface area contributed by atoms with Gasteiger partial charge in [0, 0.05) is 6.42 Å². The Bertz CT molecular complexity index is 448. The summed E-state index contributed by atoms with van der Waals surface area (Å²) in [5.74, 6) is 3.24. The van der Waals surface area contributed by atoms with Gasteiger partial charge in [-0.15, -0.1) is 0 Å². The molecule has 0 heterocycles. The van der Waals surface area contributed by atoms with Gasteiger partial charge in [0.1, 0.15) is 6.10 Å². The highest BCUT2D eigenvalue weighted by molar-refractivity contribution is 5.83. The van der Waals surface area contributed by atoms with Gasteiger partial charge in [0.25, 0.3) is 0 Å². The lowest BCUT2D eigenvalue weighted by molar-refractivity contribution is -0.140. The van der Waals surface area contributed by atoms with Gasteiger partial charge >= 0.3 is 0 Å². The maximum Gasteiger partial charge on any atom is 0.161 e. The minimum Gasteiger partial charge on any atom is -0.393 e. The summed E-state index contributed by atoms with van der Waals surface area (Å²) in [7, 11) is 0. The second-order valence-electron chi connectivity index (χ2n) is 8.50. The van der Waals surface area contributed by atoms with Crippen LogP contribution >= 0.6 is 0 Å². The quantitative estimate of drug-likeness (QED) is 0.721. The van der Waals surface area contributed by atoms with Crippen molar-refractivity contribution in [2.45, 2.75) is 70.5 Å². The third-order valence-corrected chi connectivity index (χ3v) is 7.80. The van der Waals surface area contributed by atoms with Crippen LogP contribution in [0.5, 0.6) is 0 Å². The molecule has 0 aromatic carbocycles. The van der Waals surface area contributed by atoms with Crippen molar-refractivity contribution in [3.63, 3.8) is 0 Å². The van der Waals surface area contributed by atoms with Crippen LogP contribution in [0.1, 0.15) is 58.3 Å². The Labute approximate surface area is 127 Å². The zero-order valence-corrected chi connectivity index (χ0v) is 13.0. The fourth-order valence-corrected chi connectivity index (χ4v) is 6.61. The van der Waals surface area contributed by atoms with Gasteiger partial charge in [-0.2, -0.15) is 0 Å². The third kappa shape index (κ3) is 1.96. The molecular weight excluding hydrogens is 264 g/mol. The van der Waals surface area contributed by atoms with E-state index in [9.17, 15) is 15.0 Å². The maximum absolute atomic E-state index is 11.8. The molecule has 0 radical (unpaired) electrons. The molecule has 3 heteroatoms. The van der Waals surface area contributed by atoms with Crippen LogP contribution in [0.25, 0.3) is 0 Å². The largest absolute Gasteiger partial charge is 0.393 e. The molecule has 2 unspecified atom stereocenters. The van der Waals surface area contributed by atoms with Crippen molar-refractivity contribution in [1.82, 2.24) is 0 Å². The Morgan fingerprint density at radius 3 is 2.62 bits per heavy atom. The predicted octanol–water partition coefficient (Wildman–Crippen LogP) is 2.54. The average molecular weight is 292 g/mol. The molecule has 0 bridgehead atoms. The molecule has 0 aliphatic heterocycles. The summed E-state index contributed by atoms with van der Waals surface area (Å²) in [4.78, 5) is 11.8. The summed E-state index contributed by atoms with van der Waals surface area (Å²) >= 11 is 0. The van der Waals surface area contributed by atoms with Crippen LogP contribution in [0.2, 0.25) is 0 Å². The van der Waals surface area contributed by atoms with Crippen molar-refractivity contribution in [3.8, 4) is 0 Å². The zero-order valence-electron chi connectivity index (χ0n) is 13.0. The minimum atomic E-state index is -0.701. The van der Waals surface area contributed by atoms with E-state index in [1.165, 1.54) is 19.3 Å². The van der Waals surface area contributed by atoms with E-state index in [0.29, 0.717) is 36.5 Å². The first-order valence-electron chi connectivity index (χ1n) is 8.89. The zero-order chi connectivity index (χ0) is 14.8. The highest BCUT2D eigenvalue weighted by Gasteiger charge is 2.57. The third-order valence-electron chi connectivity index (χ3n) is 7.80. The Kier molecular flexibility index (Phi) is 3.24. The fraction of sp³-hybridized carbons (Fsp3) is 0.944. The number of rotatable bonds is 0. The van der Waals surface area contributed by atoms with Crippen LogP contribution in [-0.2, 0) is 4.79 Å². The number of Topliss-reactive ketones (excluding diaryl/α,β-unsaturated/α-hetero) is 1. The number of ketones is 1. The van der Waals surface area contributed by atoms with Crippen molar-refractivity contribution in [3.05, 3.63) is 0 Å². The molecular formula is C18H28O3. The van der Waals surface area contributed by atoms with E-state index in [0.717, 1.165) is 25.2 Å². The monoisotopic (exact) mass is 292 g/mol. The second-order valence-corrected chi connectivity index (χ2v) is 8.50. The van der Waals surface area contributed by atoms with E-state index in [-0.39, 0.29) is 17.3 Å². The van der Waals surface area contributed by atoms with Crippen LogP contribution in [0.4, 0.5) is 0 Å². The van der Waals surface area contributed by atoms with Crippen LogP contribution < -0.4 is 0 Å². The normalized spacial score (nSPS) is 56.5. The number of carbonyl (C=O) groups excluding carboxylic acids is 1. The van der Waals surface area contributed by atoms with Gasteiger partial charge in [-0.3, -0.25) is 4.79 Å². The molecule has 0 aromatic rings. The van der Waals surface area contributed by atoms with E-state index in [4.69, 9.17) is 0 Å². The minimum absolute atomic E-state index is 0.0756. The molecule has 4 aliphatic rings. The van der Waals surface area contributed by atoms with Crippen LogP contribution in [0, 0.1) is 35.0 Å².